The van der Waals surface area contributed by atoms with E-state index in [9.17, 15) is 14.4 Å². The van der Waals surface area contributed by atoms with Gasteiger partial charge in [-0.3, -0.25) is 19.4 Å². The predicted molar refractivity (Wildman–Crippen MR) is 61.3 cm³/mol. The highest BCUT2D eigenvalue weighted by molar-refractivity contribution is 5.70. The second kappa shape index (κ2) is 9.51. The molecule has 0 amide bonds. The van der Waals surface area contributed by atoms with Gasteiger partial charge < -0.3 is 20.1 Å². The fourth-order valence-corrected chi connectivity index (χ4v) is 1.42. The standard InChI is InChI=1S/C10H18N2O6/c13-5-3-11(7-9(15)16)1-2-12(4-6-14)8-10(17)18/h5,14H,1-4,6-8H2,(H,15,16)(H,17,18). The van der Waals surface area contributed by atoms with Crippen molar-refractivity contribution >= 4 is 18.2 Å². The Morgan fingerprint density at radius 1 is 0.944 bits per heavy atom. The number of hydrogen-bond acceptors (Lipinski definition) is 6. The molecule has 0 radical (unpaired) electrons. The molecule has 8 heteroatoms. The van der Waals surface area contributed by atoms with E-state index in [0.717, 1.165) is 0 Å². The minimum atomic E-state index is -1.05. The Kier molecular flexibility index (Phi) is 8.71. The van der Waals surface area contributed by atoms with Gasteiger partial charge >= 0.3 is 11.9 Å². The van der Waals surface area contributed by atoms with E-state index in [1.54, 1.807) is 0 Å². The third-order valence-corrected chi connectivity index (χ3v) is 2.20. The maximum atomic E-state index is 10.5. The molecular formula is C10H18N2O6. The van der Waals surface area contributed by atoms with E-state index in [2.05, 4.69) is 0 Å². The molecule has 0 saturated carbocycles. The Bertz CT molecular complexity index is 284. The van der Waals surface area contributed by atoms with Crippen molar-refractivity contribution in [1.82, 2.24) is 9.80 Å². The molecule has 0 heterocycles. The number of aliphatic hydroxyl groups excluding tert-OH is 1. The van der Waals surface area contributed by atoms with Crippen molar-refractivity contribution in [3.63, 3.8) is 0 Å². The molecule has 0 unspecified atom stereocenters. The second-order valence-corrected chi connectivity index (χ2v) is 3.69. The highest BCUT2D eigenvalue weighted by atomic mass is 16.4. The first-order valence-corrected chi connectivity index (χ1v) is 5.42. The van der Waals surface area contributed by atoms with Gasteiger partial charge in [0.1, 0.15) is 6.29 Å². The Morgan fingerprint density at radius 3 is 1.89 bits per heavy atom. The van der Waals surface area contributed by atoms with Gasteiger partial charge in [-0.15, -0.1) is 0 Å². The molecule has 0 aromatic carbocycles. The van der Waals surface area contributed by atoms with E-state index in [-0.39, 0.29) is 45.9 Å². The van der Waals surface area contributed by atoms with Gasteiger partial charge in [0.25, 0.3) is 0 Å². The van der Waals surface area contributed by atoms with Gasteiger partial charge in [-0.2, -0.15) is 0 Å². The first kappa shape index (κ1) is 16.5. The lowest BCUT2D eigenvalue weighted by molar-refractivity contribution is -0.140. The van der Waals surface area contributed by atoms with Crippen molar-refractivity contribution in [2.75, 3.05) is 45.9 Å². The number of aldehydes is 1. The SMILES string of the molecule is O=CCN(CCN(CCO)CC(=O)O)CC(=O)O. The maximum absolute atomic E-state index is 10.5. The summed E-state index contributed by atoms with van der Waals surface area (Å²) in [6, 6.07) is 0. The van der Waals surface area contributed by atoms with Gasteiger partial charge in [-0.1, -0.05) is 0 Å². The molecule has 0 bridgehead atoms. The number of carboxylic acids is 2. The zero-order valence-corrected chi connectivity index (χ0v) is 9.99. The van der Waals surface area contributed by atoms with Crippen LogP contribution in [0.25, 0.3) is 0 Å². The predicted octanol–water partition coefficient (Wildman–Crippen LogP) is -2.05. The molecular weight excluding hydrogens is 244 g/mol. The molecule has 3 N–H and O–H groups in total. The largest absolute Gasteiger partial charge is 0.480 e. The number of carbonyl (C=O) groups excluding carboxylic acids is 1. The number of aliphatic carboxylic acids is 2. The number of hydrogen-bond donors (Lipinski definition) is 3. The van der Waals surface area contributed by atoms with Crippen molar-refractivity contribution in [2.24, 2.45) is 0 Å². The molecule has 0 atom stereocenters. The first-order valence-electron chi connectivity index (χ1n) is 5.42. The maximum Gasteiger partial charge on any atom is 0.317 e. The van der Waals surface area contributed by atoms with E-state index in [4.69, 9.17) is 15.3 Å². The van der Waals surface area contributed by atoms with Crippen LogP contribution in [0.3, 0.4) is 0 Å². The summed E-state index contributed by atoms with van der Waals surface area (Å²) in [5.74, 6) is -2.08. The zero-order chi connectivity index (χ0) is 14.0. The molecule has 0 aliphatic carbocycles. The van der Waals surface area contributed by atoms with Gasteiger partial charge in [-0.25, -0.2) is 0 Å². The summed E-state index contributed by atoms with van der Waals surface area (Å²) in [6.45, 7) is -0.00579. The second-order valence-electron chi connectivity index (χ2n) is 3.69. The molecule has 0 aliphatic heterocycles. The summed E-state index contributed by atoms with van der Waals surface area (Å²) in [7, 11) is 0. The number of rotatable bonds is 11. The Morgan fingerprint density at radius 2 is 1.44 bits per heavy atom. The number of aliphatic hydroxyl groups is 1. The van der Waals surface area contributed by atoms with E-state index in [1.165, 1.54) is 9.80 Å². The van der Waals surface area contributed by atoms with Crippen LogP contribution < -0.4 is 0 Å². The fourth-order valence-electron chi connectivity index (χ4n) is 1.42. The lowest BCUT2D eigenvalue weighted by Crippen LogP contribution is -2.41. The van der Waals surface area contributed by atoms with Crippen LogP contribution in [-0.2, 0) is 14.4 Å². The Hall–Kier alpha value is -1.51. The van der Waals surface area contributed by atoms with Gasteiger partial charge in [0.2, 0.25) is 0 Å². The van der Waals surface area contributed by atoms with Crippen LogP contribution >= 0.6 is 0 Å². The van der Waals surface area contributed by atoms with Crippen LogP contribution in [0, 0.1) is 0 Å². The minimum Gasteiger partial charge on any atom is -0.480 e. The number of carboxylic acid groups (broad SMARTS) is 2. The Labute approximate surface area is 104 Å². The fraction of sp³-hybridized carbons (Fsp3) is 0.700. The summed E-state index contributed by atoms with van der Waals surface area (Å²) >= 11 is 0. The number of nitrogens with zero attached hydrogens (tertiary/aromatic N) is 2. The monoisotopic (exact) mass is 262 g/mol. The quantitative estimate of drug-likeness (QED) is 0.364. The van der Waals surface area contributed by atoms with Crippen molar-refractivity contribution in [2.45, 2.75) is 0 Å². The molecule has 0 aromatic heterocycles. The van der Waals surface area contributed by atoms with Crippen molar-refractivity contribution in [1.29, 1.82) is 0 Å². The molecule has 8 nitrogen and oxygen atoms in total. The molecule has 18 heavy (non-hydrogen) atoms. The van der Waals surface area contributed by atoms with Crippen molar-refractivity contribution < 1.29 is 29.7 Å². The van der Waals surface area contributed by atoms with Crippen molar-refractivity contribution in [3.8, 4) is 0 Å². The summed E-state index contributed by atoms with van der Waals surface area (Å²) in [6.07, 6.45) is 0.594. The third-order valence-electron chi connectivity index (χ3n) is 2.20. The number of carbonyl (C=O) groups is 3. The Balaban J connectivity index is 4.20. The lowest BCUT2D eigenvalue weighted by Gasteiger charge is -2.23. The molecule has 0 aliphatic rings. The highest BCUT2D eigenvalue weighted by Gasteiger charge is 2.13. The molecule has 0 fully saturated rings. The van der Waals surface area contributed by atoms with Crippen molar-refractivity contribution in [3.05, 3.63) is 0 Å². The van der Waals surface area contributed by atoms with Gasteiger partial charge in [-0.05, 0) is 0 Å². The normalized spacial score (nSPS) is 10.8. The van der Waals surface area contributed by atoms with Crippen LogP contribution in [0.2, 0.25) is 0 Å². The zero-order valence-electron chi connectivity index (χ0n) is 9.99. The van der Waals surface area contributed by atoms with Gasteiger partial charge in [0.05, 0.1) is 26.2 Å². The van der Waals surface area contributed by atoms with Gasteiger partial charge in [0.15, 0.2) is 0 Å². The van der Waals surface area contributed by atoms with Crippen LogP contribution in [0.1, 0.15) is 0 Å². The summed E-state index contributed by atoms with van der Waals surface area (Å²) < 4.78 is 0. The lowest BCUT2D eigenvalue weighted by atomic mass is 10.4. The molecule has 0 spiro atoms. The average molecular weight is 262 g/mol. The van der Waals surface area contributed by atoms with Crippen LogP contribution in [0.5, 0.6) is 0 Å². The molecule has 0 rings (SSSR count). The van der Waals surface area contributed by atoms with E-state index in [1.807, 2.05) is 0 Å². The van der Waals surface area contributed by atoms with Crippen LogP contribution in [0.15, 0.2) is 0 Å². The summed E-state index contributed by atoms with van der Waals surface area (Å²) in [4.78, 5) is 34.3. The first-order chi connectivity index (χ1) is 8.49. The van der Waals surface area contributed by atoms with E-state index < -0.39 is 11.9 Å². The summed E-state index contributed by atoms with van der Waals surface area (Å²) in [5.41, 5.74) is 0. The van der Waals surface area contributed by atoms with Gasteiger partial charge in [0, 0.05) is 19.6 Å². The topological polar surface area (TPSA) is 118 Å². The van der Waals surface area contributed by atoms with Crippen LogP contribution in [0.4, 0.5) is 0 Å². The van der Waals surface area contributed by atoms with Crippen LogP contribution in [-0.4, -0.2) is 89.2 Å². The third kappa shape index (κ3) is 8.62. The molecule has 0 saturated heterocycles. The minimum absolute atomic E-state index is 0.0215. The molecule has 0 aromatic rings. The summed E-state index contributed by atoms with van der Waals surface area (Å²) in [5, 5.41) is 26.0. The van der Waals surface area contributed by atoms with E-state index in [0.29, 0.717) is 6.29 Å². The molecule has 104 valence electrons. The smallest absolute Gasteiger partial charge is 0.317 e. The highest BCUT2D eigenvalue weighted by Crippen LogP contribution is 1.92. The van der Waals surface area contributed by atoms with E-state index >= 15 is 0 Å². The average Bonchev–Trinajstić information content (AvgIpc) is 2.24.